The van der Waals surface area contributed by atoms with Crippen LogP contribution in [0, 0.1) is 5.92 Å². The topological polar surface area (TPSA) is 83.9 Å². The monoisotopic (exact) mass is 325 g/mol. The third kappa shape index (κ3) is 2.38. The number of hydrogen-bond donors (Lipinski definition) is 1. The van der Waals surface area contributed by atoms with Crippen molar-refractivity contribution in [3.8, 4) is 5.75 Å². The highest BCUT2D eigenvalue weighted by Gasteiger charge is 2.54. The highest BCUT2D eigenvalue weighted by molar-refractivity contribution is 7.89. The van der Waals surface area contributed by atoms with Crippen molar-refractivity contribution < 1.29 is 23.1 Å². The maximum atomic E-state index is 12.9. The molecule has 3 rings (SSSR count). The molecule has 1 N–H and O–H groups in total. The molecule has 0 saturated carbocycles. The normalized spacial score (nSPS) is 28.0. The molecular weight excluding hydrogens is 306 g/mol. The molecule has 0 radical (unpaired) electrons. The number of benzene rings is 1. The molecule has 2 aliphatic rings. The van der Waals surface area contributed by atoms with Crippen LogP contribution in [0.3, 0.4) is 0 Å². The summed E-state index contributed by atoms with van der Waals surface area (Å²) >= 11 is 0. The number of carbonyl (C=O) groups is 1. The number of carboxylic acid groups (broad SMARTS) is 1. The van der Waals surface area contributed by atoms with Crippen LogP contribution >= 0.6 is 0 Å². The molecule has 0 aromatic heterocycles. The molecule has 2 bridgehead atoms. The Kier molecular flexibility index (Phi) is 3.86. The lowest BCUT2D eigenvalue weighted by Gasteiger charge is -2.22. The van der Waals surface area contributed by atoms with Crippen molar-refractivity contribution >= 4 is 16.0 Å². The van der Waals surface area contributed by atoms with Gasteiger partial charge in [0.15, 0.2) is 0 Å². The van der Waals surface area contributed by atoms with Gasteiger partial charge in [-0.1, -0.05) is 6.07 Å². The number of carboxylic acids is 1. The second kappa shape index (κ2) is 5.55. The van der Waals surface area contributed by atoms with E-state index in [0.717, 1.165) is 6.42 Å². The Morgan fingerprint density at radius 1 is 1.41 bits per heavy atom. The van der Waals surface area contributed by atoms with Crippen LogP contribution in [0.1, 0.15) is 26.2 Å². The van der Waals surface area contributed by atoms with E-state index in [-0.39, 0.29) is 10.9 Å². The van der Waals surface area contributed by atoms with Crippen molar-refractivity contribution in [2.45, 2.75) is 43.2 Å². The highest BCUT2D eigenvalue weighted by Crippen LogP contribution is 2.45. The first-order valence-electron chi connectivity index (χ1n) is 7.44. The average molecular weight is 325 g/mol. The summed E-state index contributed by atoms with van der Waals surface area (Å²) in [5.41, 5.74) is 0. The molecule has 2 aliphatic heterocycles. The molecule has 1 aromatic rings. The zero-order valence-corrected chi connectivity index (χ0v) is 13.1. The molecule has 2 fully saturated rings. The predicted octanol–water partition coefficient (Wildman–Crippen LogP) is 1.71. The van der Waals surface area contributed by atoms with Crippen molar-refractivity contribution in [1.29, 1.82) is 0 Å². The van der Waals surface area contributed by atoms with E-state index in [0.29, 0.717) is 25.2 Å². The Balaban J connectivity index is 1.94. The van der Waals surface area contributed by atoms with Crippen LogP contribution in [0.4, 0.5) is 0 Å². The Morgan fingerprint density at radius 2 is 2.18 bits per heavy atom. The lowest BCUT2D eigenvalue weighted by atomic mass is 9.89. The van der Waals surface area contributed by atoms with Crippen LogP contribution in [-0.2, 0) is 14.8 Å². The standard InChI is InChI=1S/C15H19NO5S/c1-2-21-11-4-3-5-12(9-11)22(19,20)16-10-6-7-14(16)13(8-10)15(17)18/h3-5,9-10,13-14H,2,6-8H2,1H3,(H,17,18). The van der Waals surface area contributed by atoms with Gasteiger partial charge in [0.1, 0.15) is 5.75 Å². The van der Waals surface area contributed by atoms with E-state index in [4.69, 9.17) is 4.74 Å². The molecule has 22 heavy (non-hydrogen) atoms. The van der Waals surface area contributed by atoms with E-state index in [9.17, 15) is 18.3 Å². The first-order valence-corrected chi connectivity index (χ1v) is 8.88. The molecule has 3 unspecified atom stereocenters. The third-order valence-electron chi connectivity index (χ3n) is 4.48. The first-order chi connectivity index (χ1) is 10.4. The van der Waals surface area contributed by atoms with Gasteiger partial charge in [0.05, 0.1) is 17.4 Å². The van der Waals surface area contributed by atoms with Gasteiger partial charge in [0.2, 0.25) is 10.0 Å². The highest BCUT2D eigenvalue weighted by atomic mass is 32.2. The number of sulfonamides is 1. The molecule has 0 spiro atoms. The molecular formula is C15H19NO5S. The molecule has 2 heterocycles. The smallest absolute Gasteiger partial charge is 0.308 e. The van der Waals surface area contributed by atoms with Crippen molar-refractivity contribution in [3.63, 3.8) is 0 Å². The Labute approximate surface area is 129 Å². The van der Waals surface area contributed by atoms with E-state index in [1.807, 2.05) is 6.92 Å². The van der Waals surface area contributed by atoms with Crippen molar-refractivity contribution in [2.75, 3.05) is 6.61 Å². The summed E-state index contributed by atoms with van der Waals surface area (Å²) in [6, 6.07) is 5.76. The van der Waals surface area contributed by atoms with Gasteiger partial charge in [-0.05, 0) is 38.3 Å². The van der Waals surface area contributed by atoms with Crippen LogP contribution in [-0.4, -0.2) is 42.5 Å². The van der Waals surface area contributed by atoms with Crippen LogP contribution < -0.4 is 4.74 Å². The third-order valence-corrected chi connectivity index (χ3v) is 6.46. The van der Waals surface area contributed by atoms with E-state index in [1.54, 1.807) is 12.1 Å². The number of ether oxygens (including phenoxy) is 1. The van der Waals surface area contributed by atoms with Crippen LogP contribution in [0.5, 0.6) is 5.75 Å². The number of hydrogen-bond acceptors (Lipinski definition) is 4. The predicted molar refractivity (Wildman–Crippen MR) is 79.2 cm³/mol. The zero-order chi connectivity index (χ0) is 15.9. The summed E-state index contributed by atoms with van der Waals surface area (Å²) in [4.78, 5) is 11.5. The Bertz CT molecular complexity index is 687. The maximum absolute atomic E-state index is 12.9. The molecule has 120 valence electrons. The summed E-state index contributed by atoms with van der Waals surface area (Å²) in [7, 11) is -3.69. The summed E-state index contributed by atoms with van der Waals surface area (Å²) in [6.07, 6.45) is 1.76. The minimum Gasteiger partial charge on any atom is -0.494 e. The second-order valence-corrected chi connectivity index (χ2v) is 7.56. The fraction of sp³-hybridized carbons (Fsp3) is 0.533. The molecule has 3 atom stereocenters. The lowest BCUT2D eigenvalue weighted by molar-refractivity contribution is -0.142. The number of rotatable bonds is 5. The summed E-state index contributed by atoms with van der Waals surface area (Å²) < 4.78 is 32.6. The van der Waals surface area contributed by atoms with Crippen molar-refractivity contribution in [3.05, 3.63) is 24.3 Å². The fourth-order valence-electron chi connectivity index (χ4n) is 3.59. The summed E-state index contributed by atoms with van der Waals surface area (Å²) in [6.45, 7) is 2.29. The largest absolute Gasteiger partial charge is 0.494 e. The van der Waals surface area contributed by atoms with Gasteiger partial charge in [-0.3, -0.25) is 4.79 Å². The van der Waals surface area contributed by atoms with Gasteiger partial charge < -0.3 is 9.84 Å². The SMILES string of the molecule is CCOc1cccc(S(=O)(=O)N2C3CCC2C(C(=O)O)C3)c1. The average Bonchev–Trinajstić information content (AvgIpc) is 3.06. The second-order valence-electron chi connectivity index (χ2n) is 5.72. The van der Waals surface area contributed by atoms with E-state index >= 15 is 0 Å². The quantitative estimate of drug-likeness (QED) is 0.891. The minimum atomic E-state index is -3.69. The number of aliphatic carboxylic acids is 1. The van der Waals surface area contributed by atoms with E-state index in [2.05, 4.69) is 0 Å². The van der Waals surface area contributed by atoms with Crippen molar-refractivity contribution in [1.82, 2.24) is 4.31 Å². The van der Waals surface area contributed by atoms with Crippen LogP contribution in [0.15, 0.2) is 29.2 Å². The van der Waals surface area contributed by atoms with Gasteiger partial charge in [0, 0.05) is 18.2 Å². The van der Waals surface area contributed by atoms with Crippen LogP contribution in [0.25, 0.3) is 0 Å². The summed E-state index contributed by atoms with van der Waals surface area (Å²) in [5.74, 6) is -0.996. The van der Waals surface area contributed by atoms with Gasteiger partial charge in [0.25, 0.3) is 0 Å². The molecule has 1 aromatic carbocycles. The zero-order valence-electron chi connectivity index (χ0n) is 12.3. The molecule has 0 aliphatic carbocycles. The number of nitrogens with zero attached hydrogens (tertiary/aromatic N) is 1. The molecule has 2 saturated heterocycles. The number of fused-ring (bicyclic) bond motifs is 2. The molecule has 7 heteroatoms. The van der Waals surface area contributed by atoms with Crippen molar-refractivity contribution in [2.24, 2.45) is 5.92 Å². The maximum Gasteiger partial charge on any atom is 0.308 e. The van der Waals surface area contributed by atoms with E-state index in [1.165, 1.54) is 16.4 Å². The lowest BCUT2D eigenvalue weighted by Crippen LogP contribution is -2.37. The van der Waals surface area contributed by atoms with Gasteiger partial charge in [-0.2, -0.15) is 4.31 Å². The van der Waals surface area contributed by atoms with Gasteiger partial charge in [-0.25, -0.2) is 8.42 Å². The molecule has 6 nitrogen and oxygen atoms in total. The molecule has 0 amide bonds. The van der Waals surface area contributed by atoms with E-state index < -0.39 is 28.0 Å². The van der Waals surface area contributed by atoms with Gasteiger partial charge >= 0.3 is 5.97 Å². The fourth-order valence-corrected chi connectivity index (χ4v) is 5.54. The summed E-state index contributed by atoms with van der Waals surface area (Å²) in [5, 5.41) is 9.26. The Morgan fingerprint density at radius 3 is 2.82 bits per heavy atom. The van der Waals surface area contributed by atoms with Crippen LogP contribution in [0.2, 0.25) is 0 Å². The first kappa shape index (κ1) is 15.3. The Hall–Kier alpha value is -1.60. The van der Waals surface area contributed by atoms with Gasteiger partial charge in [-0.15, -0.1) is 0 Å². The minimum absolute atomic E-state index is 0.168.